The third-order valence-corrected chi connectivity index (χ3v) is 2.89. The molecule has 0 saturated heterocycles. The lowest BCUT2D eigenvalue weighted by Crippen LogP contribution is -2.23. The summed E-state index contributed by atoms with van der Waals surface area (Å²) in [7, 11) is 0. The Labute approximate surface area is 106 Å². The van der Waals surface area contributed by atoms with Gasteiger partial charge in [-0.3, -0.25) is 0 Å². The highest BCUT2D eigenvalue weighted by Crippen LogP contribution is 2.24. The fourth-order valence-corrected chi connectivity index (χ4v) is 2.03. The van der Waals surface area contributed by atoms with E-state index in [-0.39, 0.29) is 10.7 Å². The maximum atomic E-state index is 13.7. The Morgan fingerprint density at radius 1 is 1.33 bits per heavy atom. The lowest BCUT2D eigenvalue weighted by atomic mass is 10.3. The molecule has 90 valence electrons. The molecule has 3 rings (SSSR count). The summed E-state index contributed by atoms with van der Waals surface area (Å²) in [6, 6.07) is 5.98. The summed E-state index contributed by atoms with van der Waals surface area (Å²) < 4.78 is 15.7. The molecule has 0 aliphatic carbocycles. The van der Waals surface area contributed by atoms with Crippen LogP contribution in [0, 0.1) is 11.0 Å². The largest absolute Gasteiger partial charge is 0.619 e. The summed E-state index contributed by atoms with van der Waals surface area (Å²) >= 11 is 5.96. The fourth-order valence-electron chi connectivity index (χ4n) is 1.78. The number of para-hydroxylation sites is 1. The highest BCUT2D eigenvalue weighted by Gasteiger charge is 2.12. The molecule has 1 aromatic carbocycles. The second-order valence-electron chi connectivity index (χ2n) is 3.79. The minimum atomic E-state index is -0.467. The molecule has 0 bridgehead atoms. The van der Waals surface area contributed by atoms with Crippen LogP contribution >= 0.6 is 11.6 Å². The van der Waals surface area contributed by atoms with Gasteiger partial charge >= 0.3 is 0 Å². The van der Waals surface area contributed by atoms with Crippen molar-refractivity contribution >= 4 is 22.5 Å². The van der Waals surface area contributed by atoms with Crippen molar-refractivity contribution in [2.45, 2.75) is 0 Å². The third-order valence-electron chi connectivity index (χ3n) is 2.58. The molecule has 18 heavy (non-hydrogen) atoms. The van der Waals surface area contributed by atoms with E-state index >= 15 is 0 Å². The van der Waals surface area contributed by atoms with Gasteiger partial charge in [0.15, 0.2) is 12.4 Å². The van der Waals surface area contributed by atoms with E-state index in [0.29, 0.717) is 15.6 Å². The number of aromatic nitrogens is 3. The Hall–Kier alpha value is -2.14. The predicted molar refractivity (Wildman–Crippen MR) is 65.0 cm³/mol. The zero-order chi connectivity index (χ0) is 12.7. The fraction of sp³-hybridized carbons (Fsp3) is 0. The summed E-state index contributed by atoms with van der Waals surface area (Å²) in [6.45, 7) is 0. The van der Waals surface area contributed by atoms with Crippen LogP contribution in [0.1, 0.15) is 0 Å². The highest BCUT2D eigenvalue weighted by molar-refractivity contribution is 6.32. The number of fused-ring (bicyclic) bond motifs is 1. The number of pyridine rings is 1. The number of hydrogen-bond donors (Lipinski definition) is 0. The van der Waals surface area contributed by atoms with Crippen LogP contribution in [0.15, 0.2) is 42.9 Å². The minimum Gasteiger partial charge on any atom is -0.619 e. The molecule has 3 aromatic rings. The maximum absolute atomic E-state index is 13.7. The van der Waals surface area contributed by atoms with Crippen LogP contribution < -0.4 is 4.73 Å². The lowest BCUT2D eigenvalue weighted by Gasteiger charge is -2.04. The van der Waals surface area contributed by atoms with Gasteiger partial charge in [-0.05, 0) is 12.1 Å². The van der Waals surface area contributed by atoms with Gasteiger partial charge in [-0.1, -0.05) is 17.7 Å². The molecular weight excluding hydrogens is 257 g/mol. The van der Waals surface area contributed by atoms with Crippen LogP contribution in [0.2, 0.25) is 5.02 Å². The first-order valence-corrected chi connectivity index (χ1v) is 5.55. The van der Waals surface area contributed by atoms with Gasteiger partial charge in [-0.2, -0.15) is 9.83 Å². The SMILES string of the molecule is [O-][n+]1ccc2nn(-c3c(F)cccc3Cl)cc2c1. The van der Waals surface area contributed by atoms with E-state index in [1.54, 1.807) is 18.3 Å². The maximum Gasteiger partial charge on any atom is 0.191 e. The lowest BCUT2D eigenvalue weighted by molar-refractivity contribution is -0.603. The molecule has 0 N–H and O–H groups in total. The molecule has 6 heteroatoms. The van der Waals surface area contributed by atoms with Crippen molar-refractivity contribution in [1.29, 1.82) is 0 Å². The summed E-state index contributed by atoms with van der Waals surface area (Å²) in [5.41, 5.74) is 0.772. The molecule has 0 spiro atoms. The van der Waals surface area contributed by atoms with Gasteiger partial charge < -0.3 is 5.21 Å². The van der Waals surface area contributed by atoms with E-state index in [1.165, 1.54) is 29.2 Å². The Morgan fingerprint density at radius 3 is 2.94 bits per heavy atom. The Morgan fingerprint density at radius 2 is 2.17 bits per heavy atom. The average molecular weight is 264 g/mol. The molecule has 2 aromatic heterocycles. The van der Waals surface area contributed by atoms with Gasteiger partial charge in [-0.25, -0.2) is 9.07 Å². The van der Waals surface area contributed by atoms with Crippen LogP contribution in [-0.2, 0) is 0 Å². The Balaban J connectivity index is 2.26. The van der Waals surface area contributed by atoms with Gasteiger partial charge in [0.25, 0.3) is 0 Å². The molecule has 0 saturated carbocycles. The molecular formula is C12H7ClFN3O. The summed E-state index contributed by atoms with van der Waals surface area (Å²) in [5, 5.41) is 16.2. The van der Waals surface area contributed by atoms with Crippen LogP contribution in [0.4, 0.5) is 4.39 Å². The van der Waals surface area contributed by atoms with Crippen molar-refractivity contribution in [3.8, 4) is 5.69 Å². The van der Waals surface area contributed by atoms with Gasteiger partial charge in [0, 0.05) is 12.3 Å². The molecule has 0 amide bonds. The van der Waals surface area contributed by atoms with Crippen molar-refractivity contribution in [3.05, 3.63) is 58.9 Å². The monoisotopic (exact) mass is 263 g/mol. The highest BCUT2D eigenvalue weighted by atomic mass is 35.5. The minimum absolute atomic E-state index is 0.174. The number of nitrogens with zero attached hydrogens (tertiary/aromatic N) is 3. The molecule has 0 unspecified atom stereocenters. The topological polar surface area (TPSA) is 44.8 Å². The van der Waals surface area contributed by atoms with Crippen LogP contribution in [0.25, 0.3) is 16.6 Å². The number of halogens is 2. The summed E-state index contributed by atoms with van der Waals surface area (Å²) in [6.07, 6.45) is 4.27. The number of rotatable bonds is 1. The average Bonchev–Trinajstić information content (AvgIpc) is 2.71. The molecule has 0 fully saturated rings. The first-order chi connectivity index (χ1) is 8.65. The first-order valence-electron chi connectivity index (χ1n) is 5.18. The van der Waals surface area contributed by atoms with Crippen molar-refractivity contribution < 1.29 is 9.12 Å². The summed E-state index contributed by atoms with van der Waals surface area (Å²) in [5.74, 6) is -0.467. The van der Waals surface area contributed by atoms with E-state index in [1.807, 2.05) is 0 Å². The van der Waals surface area contributed by atoms with E-state index in [4.69, 9.17) is 11.6 Å². The quantitative estimate of drug-likeness (QED) is 0.500. The molecule has 0 radical (unpaired) electrons. The van der Waals surface area contributed by atoms with Crippen molar-refractivity contribution in [2.24, 2.45) is 0 Å². The predicted octanol–water partition coefficient (Wildman–Crippen LogP) is 2.45. The molecule has 0 aliphatic heterocycles. The molecule has 2 heterocycles. The van der Waals surface area contributed by atoms with Gasteiger partial charge in [0.1, 0.15) is 17.0 Å². The van der Waals surface area contributed by atoms with E-state index in [0.717, 1.165) is 0 Å². The summed E-state index contributed by atoms with van der Waals surface area (Å²) in [4.78, 5) is 0. The zero-order valence-corrected chi connectivity index (χ0v) is 9.80. The smallest absolute Gasteiger partial charge is 0.191 e. The number of hydrogen-bond acceptors (Lipinski definition) is 2. The third kappa shape index (κ3) is 1.69. The second-order valence-corrected chi connectivity index (χ2v) is 4.20. The van der Waals surface area contributed by atoms with Gasteiger partial charge in [0.2, 0.25) is 0 Å². The van der Waals surface area contributed by atoms with Crippen molar-refractivity contribution in [3.63, 3.8) is 0 Å². The van der Waals surface area contributed by atoms with Crippen LogP contribution in [0.3, 0.4) is 0 Å². The standard InChI is InChI=1S/C12H7ClFN3O/c13-9-2-1-3-10(14)12(9)17-7-8-6-16(18)5-4-11(8)15-17/h1-7H. The van der Waals surface area contributed by atoms with Crippen molar-refractivity contribution in [1.82, 2.24) is 9.78 Å². The molecule has 0 aliphatic rings. The van der Waals surface area contributed by atoms with Gasteiger partial charge in [0.05, 0.1) is 10.4 Å². The van der Waals surface area contributed by atoms with Crippen LogP contribution in [-0.4, -0.2) is 9.78 Å². The Bertz CT molecular complexity index is 721. The molecule has 4 nitrogen and oxygen atoms in total. The molecule has 0 atom stereocenters. The van der Waals surface area contributed by atoms with E-state index < -0.39 is 5.82 Å². The van der Waals surface area contributed by atoms with E-state index in [2.05, 4.69) is 5.10 Å². The first kappa shape index (κ1) is 11.0. The Kier molecular flexibility index (Phi) is 2.41. The number of benzene rings is 1. The van der Waals surface area contributed by atoms with Crippen LogP contribution in [0.5, 0.6) is 0 Å². The normalized spacial score (nSPS) is 11.0. The zero-order valence-electron chi connectivity index (χ0n) is 9.05. The second kappa shape index (κ2) is 3.96. The van der Waals surface area contributed by atoms with Gasteiger partial charge in [-0.15, -0.1) is 0 Å². The van der Waals surface area contributed by atoms with E-state index in [9.17, 15) is 9.60 Å². The van der Waals surface area contributed by atoms with Crippen molar-refractivity contribution in [2.75, 3.05) is 0 Å².